The molecule has 0 amide bonds. The van der Waals surface area contributed by atoms with Crippen LogP contribution in [0.5, 0.6) is 0 Å². The molecule has 1 rings (SSSR count). The molecule has 0 bridgehead atoms. The van der Waals surface area contributed by atoms with E-state index in [9.17, 15) is 21.6 Å². The van der Waals surface area contributed by atoms with Crippen LogP contribution in [0.1, 0.15) is 5.56 Å². The van der Waals surface area contributed by atoms with E-state index in [0.29, 0.717) is 4.90 Å². The summed E-state index contributed by atoms with van der Waals surface area (Å²) in [5.41, 5.74) is 4.69. The van der Waals surface area contributed by atoms with Gasteiger partial charge in [0.2, 0.25) is 0 Å². The molecule has 0 aliphatic rings. The number of thioether (sulfide) groups is 1. The van der Waals surface area contributed by atoms with Gasteiger partial charge in [0.25, 0.3) is 0 Å². The first-order valence-corrected chi connectivity index (χ1v) is 7.91. The van der Waals surface area contributed by atoms with Crippen LogP contribution in [0.4, 0.5) is 18.9 Å². The Labute approximate surface area is 107 Å². The average molecular weight is 299 g/mol. The largest absolute Gasteiger partial charge is 0.416 e. The third kappa shape index (κ3) is 4.77. The molecule has 1 aromatic carbocycles. The topological polar surface area (TPSA) is 60.2 Å². The molecule has 0 aliphatic carbocycles. The molecular formula is C10H12F3NO2S2. The third-order valence-corrected chi connectivity index (χ3v) is 4.34. The Morgan fingerprint density at radius 3 is 2.39 bits per heavy atom. The molecule has 0 aromatic heterocycles. The van der Waals surface area contributed by atoms with Crippen molar-refractivity contribution in [2.45, 2.75) is 11.1 Å². The SMILES string of the molecule is CS(=O)(=O)CCSc1ccc(C(F)(F)F)cc1N. The third-order valence-electron chi connectivity index (χ3n) is 2.05. The van der Waals surface area contributed by atoms with Gasteiger partial charge in [-0.25, -0.2) is 8.42 Å². The Bertz CT molecular complexity index is 526. The summed E-state index contributed by atoms with van der Waals surface area (Å²) < 4.78 is 58.9. The van der Waals surface area contributed by atoms with Gasteiger partial charge in [-0.3, -0.25) is 0 Å². The van der Waals surface area contributed by atoms with Crippen molar-refractivity contribution in [3.05, 3.63) is 23.8 Å². The number of rotatable bonds is 4. The summed E-state index contributed by atoms with van der Waals surface area (Å²) in [6.45, 7) is 0. The highest BCUT2D eigenvalue weighted by molar-refractivity contribution is 8.00. The molecule has 0 aliphatic heterocycles. The number of nitrogen functional groups attached to an aromatic ring is 1. The van der Waals surface area contributed by atoms with Crippen LogP contribution in [0.2, 0.25) is 0 Å². The van der Waals surface area contributed by atoms with E-state index < -0.39 is 21.6 Å². The number of hydrogen-bond acceptors (Lipinski definition) is 4. The van der Waals surface area contributed by atoms with Gasteiger partial charge in [-0.05, 0) is 18.2 Å². The predicted octanol–water partition coefficient (Wildman–Crippen LogP) is 2.42. The zero-order valence-corrected chi connectivity index (χ0v) is 11.1. The summed E-state index contributed by atoms with van der Waals surface area (Å²) in [6, 6.07) is 3.03. The maximum atomic E-state index is 12.4. The molecule has 0 saturated carbocycles. The molecule has 0 spiro atoms. The first kappa shape index (κ1) is 15.2. The van der Waals surface area contributed by atoms with Crippen molar-refractivity contribution < 1.29 is 21.6 Å². The standard InChI is InChI=1S/C10H12F3NO2S2/c1-18(15,16)5-4-17-9-3-2-7(6-8(9)14)10(11,12)13/h2-3,6H,4-5,14H2,1H3. The number of hydrogen-bond donors (Lipinski definition) is 1. The summed E-state index contributed by atoms with van der Waals surface area (Å²) in [5.74, 6) is 0.215. The fraction of sp³-hybridized carbons (Fsp3) is 0.400. The summed E-state index contributed by atoms with van der Waals surface area (Å²) in [7, 11) is -3.08. The number of alkyl halides is 3. The first-order chi connectivity index (χ1) is 8.09. The lowest BCUT2D eigenvalue weighted by Crippen LogP contribution is -2.07. The van der Waals surface area contributed by atoms with E-state index in [1.54, 1.807) is 0 Å². The van der Waals surface area contributed by atoms with E-state index in [4.69, 9.17) is 5.73 Å². The lowest BCUT2D eigenvalue weighted by molar-refractivity contribution is -0.137. The first-order valence-electron chi connectivity index (χ1n) is 4.87. The molecule has 0 atom stereocenters. The van der Waals surface area contributed by atoms with Gasteiger partial charge in [0, 0.05) is 22.6 Å². The second kappa shape index (κ2) is 5.40. The Morgan fingerprint density at radius 1 is 1.33 bits per heavy atom. The molecule has 0 fully saturated rings. The summed E-state index contributed by atoms with van der Waals surface area (Å²) in [6.07, 6.45) is -3.33. The second-order valence-electron chi connectivity index (χ2n) is 3.73. The van der Waals surface area contributed by atoms with Gasteiger partial charge in [-0.2, -0.15) is 13.2 Å². The van der Waals surface area contributed by atoms with Gasteiger partial charge >= 0.3 is 6.18 Å². The van der Waals surface area contributed by atoms with Gasteiger partial charge in [0.05, 0.1) is 11.3 Å². The van der Waals surface area contributed by atoms with Crippen molar-refractivity contribution >= 4 is 27.3 Å². The van der Waals surface area contributed by atoms with E-state index in [-0.39, 0.29) is 17.2 Å². The van der Waals surface area contributed by atoms with E-state index in [2.05, 4.69) is 0 Å². The number of sulfone groups is 1. The molecule has 1 aromatic rings. The quantitative estimate of drug-likeness (QED) is 0.685. The Morgan fingerprint density at radius 2 is 1.94 bits per heavy atom. The number of halogens is 3. The van der Waals surface area contributed by atoms with Crippen molar-refractivity contribution in [3.63, 3.8) is 0 Å². The smallest absolute Gasteiger partial charge is 0.398 e. The normalized spacial score (nSPS) is 12.7. The van der Waals surface area contributed by atoms with Crippen molar-refractivity contribution in [1.82, 2.24) is 0 Å². The Kier molecular flexibility index (Phi) is 4.55. The molecule has 18 heavy (non-hydrogen) atoms. The fourth-order valence-corrected chi connectivity index (χ4v) is 3.31. The maximum absolute atomic E-state index is 12.4. The van der Waals surface area contributed by atoms with Crippen molar-refractivity contribution in [2.75, 3.05) is 23.5 Å². The minimum Gasteiger partial charge on any atom is -0.398 e. The van der Waals surface area contributed by atoms with Crippen LogP contribution < -0.4 is 5.73 Å². The van der Waals surface area contributed by atoms with Gasteiger partial charge in [-0.15, -0.1) is 11.8 Å². The van der Waals surface area contributed by atoms with Gasteiger partial charge in [0.1, 0.15) is 9.84 Å². The van der Waals surface area contributed by atoms with Gasteiger partial charge in [-0.1, -0.05) is 0 Å². The van der Waals surface area contributed by atoms with E-state index >= 15 is 0 Å². The zero-order valence-electron chi connectivity index (χ0n) is 9.49. The monoisotopic (exact) mass is 299 g/mol. The maximum Gasteiger partial charge on any atom is 0.416 e. The summed E-state index contributed by atoms with van der Waals surface area (Å²) in [5, 5.41) is 0. The van der Waals surface area contributed by atoms with Gasteiger partial charge in [0.15, 0.2) is 0 Å². The van der Waals surface area contributed by atoms with E-state index in [0.717, 1.165) is 30.2 Å². The minimum absolute atomic E-state index is 0.00308. The highest BCUT2D eigenvalue weighted by Gasteiger charge is 2.30. The lowest BCUT2D eigenvalue weighted by atomic mass is 10.2. The summed E-state index contributed by atoms with van der Waals surface area (Å²) >= 11 is 1.12. The fourth-order valence-electron chi connectivity index (χ4n) is 1.16. The van der Waals surface area contributed by atoms with Crippen LogP contribution in [0.25, 0.3) is 0 Å². The highest BCUT2D eigenvalue weighted by Crippen LogP contribution is 2.34. The van der Waals surface area contributed by atoms with Crippen LogP contribution in [-0.4, -0.2) is 26.2 Å². The second-order valence-corrected chi connectivity index (χ2v) is 7.13. The molecular weight excluding hydrogens is 287 g/mol. The molecule has 0 radical (unpaired) electrons. The molecule has 2 N–H and O–H groups in total. The number of anilines is 1. The van der Waals surface area contributed by atoms with Crippen LogP contribution in [-0.2, 0) is 16.0 Å². The average Bonchev–Trinajstić information content (AvgIpc) is 2.17. The molecule has 0 unspecified atom stereocenters. The van der Waals surface area contributed by atoms with Crippen LogP contribution in [0.15, 0.2) is 23.1 Å². The minimum atomic E-state index is -4.43. The summed E-state index contributed by atoms with van der Waals surface area (Å²) in [4.78, 5) is 0.451. The molecule has 3 nitrogen and oxygen atoms in total. The molecule has 8 heteroatoms. The van der Waals surface area contributed by atoms with E-state index in [1.807, 2.05) is 0 Å². The van der Waals surface area contributed by atoms with Crippen molar-refractivity contribution in [3.8, 4) is 0 Å². The zero-order chi connectivity index (χ0) is 14.0. The Balaban J connectivity index is 2.75. The van der Waals surface area contributed by atoms with Crippen LogP contribution in [0.3, 0.4) is 0 Å². The van der Waals surface area contributed by atoms with E-state index in [1.165, 1.54) is 6.07 Å². The van der Waals surface area contributed by atoms with Crippen LogP contribution in [0, 0.1) is 0 Å². The van der Waals surface area contributed by atoms with Crippen molar-refractivity contribution in [2.24, 2.45) is 0 Å². The van der Waals surface area contributed by atoms with Crippen LogP contribution >= 0.6 is 11.8 Å². The number of benzene rings is 1. The molecule has 102 valence electrons. The predicted molar refractivity (Wildman–Crippen MR) is 66.3 cm³/mol. The Hall–Kier alpha value is -0.890. The molecule has 0 heterocycles. The lowest BCUT2D eigenvalue weighted by Gasteiger charge is -2.10. The molecule has 0 saturated heterocycles. The highest BCUT2D eigenvalue weighted by atomic mass is 32.2. The number of nitrogens with two attached hydrogens (primary N) is 1. The van der Waals surface area contributed by atoms with Gasteiger partial charge < -0.3 is 5.73 Å². The van der Waals surface area contributed by atoms with Crippen molar-refractivity contribution in [1.29, 1.82) is 0 Å².